The molecule has 3 aromatic rings. The summed E-state index contributed by atoms with van der Waals surface area (Å²) in [4.78, 5) is 27.3. The molecule has 1 N–H and O–H groups in total. The Morgan fingerprint density at radius 2 is 2.06 bits per heavy atom. The highest BCUT2D eigenvalue weighted by atomic mass is 35.5. The van der Waals surface area contributed by atoms with E-state index in [0.29, 0.717) is 28.7 Å². The second-order valence-electron chi connectivity index (χ2n) is 7.62. The second-order valence-corrected chi connectivity index (χ2v) is 9.06. The molecule has 2 amide bonds. The van der Waals surface area contributed by atoms with Gasteiger partial charge in [-0.3, -0.25) is 9.59 Å². The molecule has 0 radical (unpaired) electrons. The third-order valence-corrected chi connectivity index (χ3v) is 6.65. The molecule has 0 saturated carbocycles. The topological polar surface area (TPSA) is 84.4 Å². The van der Waals surface area contributed by atoms with Crippen molar-refractivity contribution in [3.63, 3.8) is 0 Å². The summed E-state index contributed by atoms with van der Waals surface area (Å²) in [7, 11) is 1.61. The van der Waals surface area contributed by atoms with E-state index in [1.807, 2.05) is 29.2 Å². The molecular weight excluding hydrogens is 448 g/mol. The molecule has 1 aromatic heterocycles. The van der Waals surface area contributed by atoms with Crippen LogP contribution in [0.2, 0.25) is 5.02 Å². The van der Waals surface area contributed by atoms with Gasteiger partial charge in [0.1, 0.15) is 10.8 Å². The lowest BCUT2D eigenvalue weighted by Gasteiger charge is -2.31. The molecule has 166 valence electrons. The van der Waals surface area contributed by atoms with E-state index in [1.54, 1.807) is 31.4 Å². The van der Waals surface area contributed by atoms with Crippen molar-refractivity contribution in [3.8, 4) is 5.75 Å². The maximum absolute atomic E-state index is 12.9. The molecule has 9 heteroatoms. The Balaban J connectivity index is 1.38. The zero-order valence-electron chi connectivity index (χ0n) is 17.6. The maximum Gasteiger partial charge on any atom is 0.286 e. The zero-order chi connectivity index (χ0) is 22.5. The van der Waals surface area contributed by atoms with Crippen molar-refractivity contribution in [2.75, 3.05) is 25.5 Å². The lowest BCUT2D eigenvalue weighted by molar-refractivity contribution is -0.131. The number of aromatic nitrogens is 2. The molecule has 0 spiro atoms. The van der Waals surface area contributed by atoms with Gasteiger partial charge in [0.05, 0.1) is 13.5 Å². The Hall–Kier alpha value is -2.97. The van der Waals surface area contributed by atoms with Crippen LogP contribution in [0.5, 0.6) is 5.75 Å². The van der Waals surface area contributed by atoms with Gasteiger partial charge in [0.15, 0.2) is 0 Å². The van der Waals surface area contributed by atoms with Gasteiger partial charge in [-0.1, -0.05) is 41.1 Å². The van der Waals surface area contributed by atoms with E-state index < -0.39 is 0 Å². The number of amides is 2. The van der Waals surface area contributed by atoms with Gasteiger partial charge in [-0.25, -0.2) is 0 Å². The van der Waals surface area contributed by atoms with Crippen LogP contribution in [0, 0.1) is 0 Å². The van der Waals surface area contributed by atoms with E-state index in [4.69, 9.17) is 16.3 Å². The van der Waals surface area contributed by atoms with Crippen molar-refractivity contribution in [1.82, 2.24) is 15.1 Å². The van der Waals surface area contributed by atoms with Crippen LogP contribution in [0.25, 0.3) is 0 Å². The summed E-state index contributed by atoms with van der Waals surface area (Å²) in [5, 5.41) is 12.7. The standard InChI is InChI=1S/C23H23ClN4O3S/c1-31-19-9-2-5-15(11-19)12-20(29)28-10-4-6-16(14-28)22-26-27-23(32-22)21(30)25-18-8-3-7-17(24)13-18/h2-3,5,7-9,11,13,16H,4,6,10,12,14H2,1H3,(H,25,30)/t16-/m0/s1. The van der Waals surface area contributed by atoms with Crippen LogP contribution in [0.1, 0.15) is 39.1 Å². The number of nitrogens with one attached hydrogen (secondary N) is 1. The Bertz CT molecular complexity index is 1120. The number of nitrogens with zero attached hydrogens (tertiary/aromatic N) is 3. The summed E-state index contributed by atoms with van der Waals surface area (Å²) in [5.41, 5.74) is 1.53. The van der Waals surface area contributed by atoms with Crippen LogP contribution >= 0.6 is 22.9 Å². The predicted molar refractivity (Wildman–Crippen MR) is 125 cm³/mol. The molecule has 1 aliphatic rings. The minimum Gasteiger partial charge on any atom is -0.497 e. The molecule has 1 atom stereocenters. The number of hydrogen-bond acceptors (Lipinski definition) is 6. The first kappa shape index (κ1) is 22.2. The number of hydrogen-bond donors (Lipinski definition) is 1. The van der Waals surface area contributed by atoms with Gasteiger partial charge in [-0.2, -0.15) is 0 Å². The number of carbonyl (C=O) groups is 2. The van der Waals surface area contributed by atoms with Crippen LogP contribution in [-0.4, -0.2) is 47.1 Å². The minimum atomic E-state index is -0.321. The number of halogens is 1. The largest absolute Gasteiger partial charge is 0.497 e. The predicted octanol–water partition coefficient (Wildman–Crippen LogP) is 4.40. The molecule has 1 aliphatic heterocycles. The number of likely N-dealkylation sites (tertiary alicyclic amines) is 1. The van der Waals surface area contributed by atoms with Crippen molar-refractivity contribution < 1.29 is 14.3 Å². The van der Waals surface area contributed by atoms with E-state index in [9.17, 15) is 9.59 Å². The Labute approximate surface area is 195 Å². The van der Waals surface area contributed by atoms with E-state index in [-0.39, 0.29) is 17.7 Å². The number of benzene rings is 2. The third kappa shape index (κ3) is 5.44. The molecule has 1 fully saturated rings. The van der Waals surface area contributed by atoms with Crippen molar-refractivity contribution in [1.29, 1.82) is 0 Å². The fraction of sp³-hybridized carbons (Fsp3) is 0.304. The van der Waals surface area contributed by atoms with E-state index in [2.05, 4.69) is 15.5 Å². The highest BCUT2D eigenvalue weighted by Crippen LogP contribution is 2.30. The number of ether oxygens (including phenoxy) is 1. The van der Waals surface area contributed by atoms with Crippen LogP contribution in [-0.2, 0) is 11.2 Å². The van der Waals surface area contributed by atoms with E-state index >= 15 is 0 Å². The molecule has 0 unspecified atom stereocenters. The molecule has 4 rings (SSSR count). The van der Waals surface area contributed by atoms with Crippen LogP contribution in [0.4, 0.5) is 5.69 Å². The number of piperidine rings is 1. The molecular formula is C23H23ClN4O3S. The van der Waals surface area contributed by atoms with Crippen molar-refractivity contribution >= 4 is 40.4 Å². The van der Waals surface area contributed by atoms with E-state index in [0.717, 1.165) is 35.7 Å². The Kier molecular flexibility index (Phi) is 7.02. The third-order valence-electron chi connectivity index (χ3n) is 5.33. The summed E-state index contributed by atoms with van der Waals surface area (Å²) in [6, 6.07) is 14.5. The van der Waals surface area contributed by atoms with Gasteiger partial charge in [0, 0.05) is 29.7 Å². The number of rotatable bonds is 6. The van der Waals surface area contributed by atoms with Gasteiger partial charge in [-0.05, 0) is 48.7 Å². The summed E-state index contributed by atoms with van der Waals surface area (Å²) in [5.74, 6) is 0.566. The fourth-order valence-corrected chi connectivity index (χ4v) is 4.77. The van der Waals surface area contributed by atoms with Gasteiger partial charge in [0.2, 0.25) is 10.9 Å². The summed E-state index contributed by atoms with van der Waals surface area (Å²) in [6.45, 7) is 1.30. The number of methoxy groups -OCH3 is 1. The molecule has 7 nitrogen and oxygen atoms in total. The average Bonchev–Trinajstić information content (AvgIpc) is 3.30. The SMILES string of the molecule is COc1cccc(CC(=O)N2CCC[C@H](c3nnc(C(=O)Nc4cccc(Cl)c4)s3)C2)c1. The summed E-state index contributed by atoms with van der Waals surface area (Å²) >= 11 is 7.24. The second kappa shape index (κ2) is 10.1. The molecule has 2 heterocycles. The molecule has 32 heavy (non-hydrogen) atoms. The molecule has 0 bridgehead atoms. The minimum absolute atomic E-state index is 0.0724. The van der Waals surface area contributed by atoms with Crippen LogP contribution in [0.3, 0.4) is 0 Å². The lowest BCUT2D eigenvalue weighted by Crippen LogP contribution is -2.39. The monoisotopic (exact) mass is 470 g/mol. The molecule has 0 aliphatic carbocycles. The van der Waals surface area contributed by atoms with Gasteiger partial charge < -0.3 is 15.0 Å². The van der Waals surface area contributed by atoms with Gasteiger partial charge in [-0.15, -0.1) is 10.2 Å². The van der Waals surface area contributed by atoms with Crippen molar-refractivity contribution in [2.24, 2.45) is 0 Å². The van der Waals surface area contributed by atoms with Crippen LogP contribution in [0.15, 0.2) is 48.5 Å². The first-order valence-corrected chi connectivity index (χ1v) is 11.5. The smallest absolute Gasteiger partial charge is 0.286 e. The van der Waals surface area contributed by atoms with Gasteiger partial charge >= 0.3 is 0 Å². The normalized spacial score (nSPS) is 15.9. The van der Waals surface area contributed by atoms with Crippen molar-refractivity contribution in [3.05, 3.63) is 69.1 Å². The highest BCUT2D eigenvalue weighted by Gasteiger charge is 2.28. The average molecular weight is 471 g/mol. The van der Waals surface area contributed by atoms with Crippen molar-refractivity contribution in [2.45, 2.75) is 25.2 Å². The first-order valence-electron chi connectivity index (χ1n) is 10.3. The fourth-order valence-electron chi connectivity index (χ4n) is 3.72. The number of anilines is 1. The quantitative estimate of drug-likeness (QED) is 0.577. The maximum atomic E-state index is 12.9. The first-order chi connectivity index (χ1) is 15.5. The molecule has 2 aromatic carbocycles. The number of carbonyl (C=O) groups excluding carboxylic acids is 2. The summed E-state index contributed by atoms with van der Waals surface area (Å²) < 4.78 is 5.24. The van der Waals surface area contributed by atoms with E-state index in [1.165, 1.54) is 11.3 Å². The Morgan fingerprint density at radius 3 is 2.88 bits per heavy atom. The van der Waals surface area contributed by atoms with Gasteiger partial charge in [0.25, 0.3) is 5.91 Å². The highest BCUT2D eigenvalue weighted by molar-refractivity contribution is 7.13. The Morgan fingerprint density at radius 1 is 1.22 bits per heavy atom. The van der Waals surface area contributed by atoms with Crippen LogP contribution < -0.4 is 10.1 Å². The lowest BCUT2D eigenvalue weighted by atomic mass is 9.98. The summed E-state index contributed by atoms with van der Waals surface area (Å²) in [6.07, 6.45) is 2.12. The zero-order valence-corrected chi connectivity index (χ0v) is 19.2. The molecule has 1 saturated heterocycles.